The number of thiophene rings is 1. The van der Waals surface area contributed by atoms with Gasteiger partial charge in [0.05, 0.1) is 18.2 Å². The van der Waals surface area contributed by atoms with Gasteiger partial charge in [0.2, 0.25) is 0 Å². The van der Waals surface area contributed by atoms with Crippen molar-refractivity contribution in [1.82, 2.24) is 5.32 Å². The summed E-state index contributed by atoms with van der Waals surface area (Å²) in [4.78, 5) is 13.2. The molecular weight excluding hydrogens is 382 g/mol. The average Bonchev–Trinajstić information content (AvgIpc) is 3.29. The molecule has 0 saturated heterocycles. The molecule has 1 amide bonds. The Labute approximate surface area is 173 Å². The van der Waals surface area contributed by atoms with E-state index in [9.17, 15) is 10.1 Å². The SMILES string of the molecule is N#C/C(=C\c1ccc(OCc2ccc(C#N)cc2)cc1)C(=O)NCc1cccs1. The van der Waals surface area contributed by atoms with Gasteiger partial charge in [-0.05, 0) is 52.9 Å². The van der Waals surface area contributed by atoms with E-state index in [0.717, 1.165) is 16.0 Å². The number of rotatable bonds is 7. The summed E-state index contributed by atoms with van der Waals surface area (Å²) < 4.78 is 5.73. The van der Waals surface area contributed by atoms with E-state index < -0.39 is 5.91 Å². The maximum Gasteiger partial charge on any atom is 0.262 e. The summed E-state index contributed by atoms with van der Waals surface area (Å²) in [6.07, 6.45) is 1.55. The molecule has 0 aliphatic rings. The van der Waals surface area contributed by atoms with Crippen LogP contribution in [0.1, 0.15) is 21.6 Å². The second-order valence-electron chi connectivity index (χ2n) is 6.10. The molecule has 0 aliphatic carbocycles. The van der Waals surface area contributed by atoms with Crippen LogP contribution in [0, 0.1) is 22.7 Å². The zero-order valence-electron chi connectivity index (χ0n) is 15.5. The largest absolute Gasteiger partial charge is 0.489 e. The van der Waals surface area contributed by atoms with Gasteiger partial charge in [0, 0.05) is 4.88 Å². The van der Waals surface area contributed by atoms with Gasteiger partial charge in [-0.2, -0.15) is 10.5 Å². The lowest BCUT2D eigenvalue weighted by Crippen LogP contribution is -2.23. The van der Waals surface area contributed by atoms with Crippen molar-refractivity contribution in [2.24, 2.45) is 0 Å². The molecule has 3 rings (SSSR count). The van der Waals surface area contributed by atoms with Crippen molar-refractivity contribution in [1.29, 1.82) is 10.5 Å². The highest BCUT2D eigenvalue weighted by molar-refractivity contribution is 7.09. The van der Waals surface area contributed by atoms with Gasteiger partial charge in [-0.25, -0.2) is 0 Å². The summed E-state index contributed by atoms with van der Waals surface area (Å²) in [5.74, 6) is 0.272. The van der Waals surface area contributed by atoms with E-state index in [4.69, 9.17) is 10.00 Å². The molecule has 0 aliphatic heterocycles. The summed E-state index contributed by atoms with van der Waals surface area (Å²) in [5, 5.41) is 22.8. The van der Waals surface area contributed by atoms with Crippen LogP contribution in [0.3, 0.4) is 0 Å². The fourth-order valence-corrected chi connectivity index (χ4v) is 3.14. The van der Waals surface area contributed by atoms with Crippen molar-refractivity contribution < 1.29 is 9.53 Å². The molecule has 2 aromatic carbocycles. The summed E-state index contributed by atoms with van der Waals surface area (Å²) in [5.41, 5.74) is 2.35. The molecule has 1 N–H and O–H groups in total. The minimum Gasteiger partial charge on any atom is -0.489 e. The van der Waals surface area contributed by atoms with Crippen LogP contribution in [0.5, 0.6) is 5.75 Å². The highest BCUT2D eigenvalue weighted by atomic mass is 32.1. The molecule has 0 radical (unpaired) electrons. The molecular formula is C23H17N3O2S. The Hall–Kier alpha value is -3.87. The second-order valence-corrected chi connectivity index (χ2v) is 7.13. The number of carbonyl (C=O) groups is 1. The van der Waals surface area contributed by atoms with Crippen molar-refractivity contribution in [2.75, 3.05) is 0 Å². The van der Waals surface area contributed by atoms with Crippen LogP contribution in [-0.2, 0) is 17.9 Å². The van der Waals surface area contributed by atoms with Crippen LogP contribution >= 0.6 is 11.3 Å². The first kappa shape index (κ1) is 19.9. The third kappa shape index (κ3) is 5.80. The van der Waals surface area contributed by atoms with Crippen molar-refractivity contribution in [2.45, 2.75) is 13.2 Å². The lowest BCUT2D eigenvalue weighted by molar-refractivity contribution is -0.117. The number of nitriles is 2. The smallest absolute Gasteiger partial charge is 0.262 e. The third-order valence-corrected chi connectivity index (χ3v) is 4.92. The predicted molar refractivity (Wildman–Crippen MR) is 112 cm³/mol. The van der Waals surface area contributed by atoms with Gasteiger partial charge in [0.15, 0.2) is 0 Å². The van der Waals surface area contributed by atoms with Crippen LogP contribution in [0.2, 0.25) is 0 Å². The fraction of sp³-hybridized carbons (Fsp3) is 0.0870. The molecule has 0 fully saturated rings. The molecule has 142 valence electrons. The predicted octanol–water partition coefficient (Wildman–Crippen LogP) is 4.42. The summed E-state index contributed by atoms with van der Waals surface area (Å²) in [6.45, 7) is 0.785. The fourth-order valence-electron chi connectivity index (χ4n) is 2.49. The molecule has 0 atom stereocenters. The number of amides is 1. The topological polar surface area (TPSA) is 85.9 Å². The second kappa shape index (κ2) is 9.89. The van der Waals surface area contributed by atoms with Gasteiger partial charge < -0.3 is 10.1 Å². The van der Waals surface area contributed by atoms with Crippen LogP contribution in [0.4, 0.5) is 0 Å². The van der Waals surface area contributed by atoms with E-state index in [1.807, 2.05) is 35.7 Å². The lowest BCUT2D eigenvalue weighted by Gasteiger charge is -2.07. The highest BCUT2D eigenvalue weighted by Crippen LogP contribution is 2.17. The summed E-state index contributed by atoms with van der Waals surface area (Å²) in [6, 6.07) is 22.2. The standard InChI is InChI=1S/C23H17N3O2S/c24-13-18-3-5-19(6-4-18)16-28-21-9-7-17(8-10-21)12-20(14-25)23(27)26-15-22-2-1-11-29-22/h1-12H,15-16H2,(H,26,27)/b20-12+. The van der Waals surface area contributed by atoms with E-state index in [1.165, 1.54) is 0 Å². The van der Waals surface area contributed by atoms with E-state index in [1.54, 1.807) is 53.8 Å². The van der Waals surface area contributed by atoms with Crippen molar-refractivity contribution in [3.63, 3.8) is 0 Å². The monoisotopic (exact) mass is 399 g/mol. The number of hydrogen-bond acceptors (Lipinski definition) is 5. The molecule has 0 spiro atoms. The Morgan fingerprint density at radius 1 is 1.07 bits per heavy atom. The molecule has 29 heavy (non-hydrogen) atoms. The van der Waals surface area contributed by atoms with Crippen LogP contribution < -0.4 is 10.1 Å². The van der Waals surface area contributed by atoms with Gasteiger partial charge in [-0.1, -0.05) is 30.3 Å². The van der Waals surface area contributed by atoms with Crippen LogP contribution in [0.25, 0.3) is 6.08 Å². The van der Waals surface area contributed by atoms with Gasteiger partial charge in [-0.3, -0.25) is 4.79 Å². The first-order valence-electron chi connectivity index (χ1n) is 8.82. The molecule has 0 bridgehead atoms. The van der Waals surface area contributed by atoms with E-state index >= 15 is 0 Å². The van der Waals surface area contributed by atoms with E-state index in [0.29, 0.717) is 24.5 Å². The number of nitrogens with one attached hydrogen (secondary N) is 1. The Bertz CT molecular complexity index is 1070. The highest BCUT2D eigenvalue weighted by Gasteiger charge is 2.09. The number of hydrogen-bond donors (Lipinski definition) is 1. The molecule has 1 heterocycles. The number of benzene rings is 2. The van der Waals surface area contributed by atoms with E-state index in [-0.39, 0.29) is 5.57 Å². The average molecular weight is 399 g/mol. The zero-order chi connectivity index (χ0) is 20.5. The Morgan fingerprint density at radius 2 is 1.83 bits per heavy atom. The molecule has 1 aromatic heterocycles. The molecule has 6 heteroatoms. The van der Waals surface area contributed by atoms with Gasteiger partial charge >= 0.3 is 0 Å². The minimum absolute atomic E-state index is 0.0489. The minimum atomic E-state index is -0.401. The number of nitrogens with zero attached hydrogens (tertiary/aromatic N) is 2. The van der Waals surface area contributed by atoms with Crippen LogP contribution in [0.15, 0.2) is 71.6 Å². The molecule has 0 saturated carbocycles. The molecule has 3 aromatic rings. The molecule has 0 unspecified atom stereocenters. The Kier molecular flexibility index (Phi) is 6.78. The third-order valence-electron chi connectivity index (χ3n) is 4.05. The first-order valence-corrected chi connectivity index (χ1v) is 9.70. The van der Waals surface area contributed by atoms with Gasteiger partial charge in [0.25, 0.3) is 5.91 Å². The summed E-state index contributed by atoms with van der Waals surface area (Å²) >= 11 is 1.55. The number of carbonyl (C=O) groups excluding carboxylic acids is 1. The lowest BCUT2D eigenvalue weighted by atomic mass is 10.1. The van der Waals surface area contributed by atoms with Gasteiger partial charge in [0.1, 0.15) is 24.0 Å². The van der Waals surface area contributed by atoms with Crippen molar-refractivity contribution >= 4 is 23.3 Å². The van der Waals surface area contributed by atoms with Crippen molar-refractivity contribution in [3.8, 4) is 17.9 Å². The normalized spacial score (nSPS) is 10.6. The maximum absolute atomic E-state index is 12.2. The van der Waals surface area contributed by atoms with Gasteiger partial charge in [-0.15, -0.1) is 11.3 Å². The first-order chi connectivity index (χ1) is 14.2. The molecule has 5 nitrogen and oxygen atoms in total. The van der Waals surface area contributed by atoms with Crippen molar-refractivity contribution in [3.05, 3.63) is 93.2 Å². The Balaban J connectivity index is 1.58. The maximum atomic E-state index is 12.2. The zero-order valence-corrected chi connectivity index (χ0v) is 16.3. The van der Waals surface area contributed by atoms with E-state index in [2.05, 4.69) is 11.4 Å². The summed E-state index contributed by atoms with van der Waals surface area (Å²) in [7, 11) is 0. The van der Waals surface area contributed by atoms with Crippen LogP contribution in [-0.4, -0.2) is 5.91 Å². The Morgan fingerprint density at radius 3 is 2.45 bits per heavy atom. The number of ether oxygens (including phenoxy) is 1. The quantitative estimate of drug-likeness (QED) is 0.471.